The van der Waals surface area contributed by atoms with Crippen molar-refractivity contribution >= 4 is 5.91 Å². The molecule has 0 aromatic rings. The number of rotatable bonds is 2. The molecule has 0 aromatic heterocycles. The van der Waals surface area contributed by atoms with E-state index in [9.17, 15) is 4.79 Å². The lowest BCUT2D eigenvalue weighted by atomic mass is 10.3. The second-order valence-electron chi connectivity index (χ2n) is 2.87. The molecule has 0 bridgehead atoms. The maximum Gasteiger partial charge on any atom is 0.293 e. The van der Waals surface area contributed by atoms with Crippen LogP contribution in [-0.4, -0.2) is 43.7 Å². The van der Waals surface area contributed by atoms with Crippen molar-refractivity contribution < 1.29 is 9.53 Å². The van der Waals surface area contributed by atoms with Crippen molar-refractivity contribution in [3.8, 4) is 11.8 Å². The average Bonchev–Trinajstić information content (AvgIpc) is 2.28. The van der Waals surface area contributed by atoms with Crippen LogP contribution in [0, 0.1) is 11.8 Å². The highest BCUT2D eigenvalue weighted by molar-refractivity contribution is 5.91. The first kappa shape index (κ1) is 13.9. The molecule has 4 heteroatoms. The fourth-order valence-corrected chi connectivity index (χ4v) is 1.19. The molecular formula is C11H20N2O2. The molecule has 15 heavy (non-hydrogen) atoms. The maximum atomic E-state index is 10.3. The zero-order valence-electron chi connectivity index (χ0n) is 9.58. The van der Waals surface area contributed by atoms with Gasteiger partial charge >= 0.3 is 0 Å². The Morgan fingerprint density at radius 1 is 1.40 bits per heavy atom. The Morgan fingerprint density at radius 2 is 2.00 bits per heavy atom. The molecule has 1 amide bonds. The summed E-state index contributed by atoms with van der Waals surface area (Å²) in [6.07, 6.45) is 0.697. The topological polar surface area (TPSA) is 55.6 Å². The third kappa shape index (κ3) is 7.98. The highest BCUT2D eigenvalue weighted by Crippen LogP contribution is 1.96. The van der Waals surface area contributed by atoms with E-state index in [1.54, 1.807) is 0 Å². The number of carbonyl (C=O) groups excluding carboxylic acids is 1. The predicted molar refractivity (Wildman–Crippen MR) is 60.2 cm³/mol. The van der Waals surface area contributed by atoms with Gasteiger partial charge in [-0.3, -0.25) is 9.69 Å². The molecule has 1 heterocycles. The van der Waals surface area contributed by atoms with Crippen molar-refractivity contribution in [2.24, 2.45) is 5.73 Å². The molecule has 86 valence electrons. The molecule has 1 aliphatic rings. The number of morpholine rings is 1. The van der Waals surface area contributed by atoms with E-state index < -0.39 is 5.91 Å². The van der Waals surface area contributed by atoms with E-state index in [4.69, 9.17) is 10.5 Å². The molecule has 0 atom stereocenters. The Bertz CT molecular complexity index is 224. The normalized spacial score (nSPS) is 15.6. The molecule has 1 saturated heterocycles. The molecule has 0 spiro atoms. The van der Waals surface area contributed by atoms with Crippen LogP contribution in [0.3, 0.4) is 0 Å². The van der Waals surface area contributed by atoms with E-state index in [0.717, 1.165) is 32.8 Å². The molecule has 0 unspecified atom stereocenters. The van der Waals surface area contributed by atoms with Crippen LogP contribution < -0.4 is 5.73 Å². The van der Waals surface area contributed by atoms with Crippen LogP contribution in [-0.2, 0) is 9.53 Å². The van der Waals surface area contributed by atoms with Crippen LogP contribution in [0.25, 0.3) is 0 Å². The highest BCUT2D eigenvalue weighted by Gasteiger charge is 2.08. The summed E-state index contributed by atoms with van der Waals surface area (Å²) in [4.78, 5) is 12.5. The average molecular weight is 212 g/mol. The number of primary amides is 1. The van der Waals surface area contributed by atoms with Crippen molar-refractivity contribution in [2.45, 2.75) is 20.3 Å². The summed E-state index contributed by atoms with van der Waals surface area (Å²) in [7, 11) is 0. The Kier molecular flexibility index (Phi) is 8.84. The minimum Gasteiger partial charge on any atom is -0.379 e. The van der Waals surface area contributed by atoms with Crippen LogP contribution in [0.4, 0.5) is 0 Å². The van der Waals surface area contributed by atoms with Gasteiger partial charge in [0.25, 0.3) is 5.91 Å². The van der Waals surface area contributed by atoms with Crippen LogP contribution in [0.2, 0.25) is 0 Å². The molecule has 2 N–H and O–H groups in total. The minimum absolute atomic E-state index is 0.554. The molecule has 1 aliphatic heterocycles. The van der Waals surface area contributed by atoms with E-state index in [1.165, 1.54) is 0 Å². The lowest BCUT2D eigenvalue weighted by Gasteiger charge is -2.25. The van der Waals surface area contributed by atoms with E-state index in [1.807, 2.05) is 13.8 Å². The fraction of sp³-hybridized carbons (Fsp3) is 0.727. The van der Waals surface area contributed by atoms with Crippen LogP contribution in [0.15, 0.2) is 0 Å². The van der Waals surface area contributed by atoms with Crippen molar-refractivity contribution in [3.05, 3.63) is 0 Å². The second-order valence-corrected chi connectivity index (χ2v) is 2.87. The smallest absolute Gasteiger partial charge is 0.293 e. The maximum absolute atomic E-state index is 10.3. The third-order valence-electron chi connectivity index (χ3n) is 1.87. The van der Waals surface area contributed by atoms with Gasteiger partial charge in [0.1, 0.15) is 0 Å². The van der Waals surface area contributed by atoms with Crippen LogP contribution in [0.1, 0.15) is 20.3 Å². The Morgan fingerprint density at radius 3 is 2.53 bits per heavy atom. The monoisotopic (exact) mass is 212 g/mol. The number of nitrogens with zero attached hydrogens (tertiary/aromatic N) is 1. The van der Waals surface area contributed by atoms with Gasteiger partial charge in [-0.15, -0.1) is 0 Å². The number of hydrogen-bond donors (Lipinski definition) is 1. The van der Waals surface area contributed by atoms with E-state index in [0.29, 0.717) is 6.42 Å². The molecule has 0 saturated carbocycles. The molecule has 0 aliphatic carbocycles. The Hall–Kier alpha value is -1.05. The van der Waals surface area contributed by atoms with E-state index in [-0.39, 0.29) is 0 Å². The molecule has 0 aromatic carbocycles. The first-order valence-corrected chi connectivity index (χ1v) is 5.37. The second kappa shape index (κ2) is 9.50. The van der Waals surface area contributed by atoms with Gasteiger partial charge in [0.05, 0.1) is 13.2 Å². The van der Waals surface area contributed by atoms with E-state index in [2.05, 4.69) is 16.7 Å². The number of nitrogens with two attached hydrogens (primary N) is 1. The van der Waals surface area contributed by atoms with Gasteiger partial charge in [0.15, 0.2) is 0 Å². The fourth-order valence-electron chi connectivity index (χ4n) is 1.19. The van der Waals surface area contributed by atoms with Crippen molar-refractivity contribution in [2.75, 3.05) is 32.8 Å². The molecular weight excluding hydrogens is 192 g/mol. The summed E-state index contributed by atoms with van der Waals surface area (Å²) in [5.74, 6) is 4.49. The lowest BCUT2D eigenvalue weighted by molar-refractivity contribution is -0.112. The Labute approximate surface area is 91.8 Å². The summed E-state index contributed by atoms with van der Waals surface area (Å²) in [6, 6.07) is 0. The highest BCUT2D eigenvalue weighted by atomic mass is 16.5. The van der Waals surface area contributed by atoms with Crippen molar-refractivity contribution in [3.63, 3.8) is 0 Å². The van der Waals surface area contributed by atoms with Crippen LogP contribution in [0.5, 0.6) is 0 Å². The van der Waals surface area contributed by atoms with Crippen molar-refractivity contribution in [1.82, 2.24) is 4.90 Å². The van der Waals surface area contributed by atoms with Crippen LogP contribution >= 0.6 is 0 Å². The SMILES string of the molecule is CC.NC(=O)C#CCCN1CCOCC1. The molecule has 1 fully saturated rings. The molecule has 4 nitrogen and oxygen atoms in total. The Balaban J connectivity index is 0.000000921. The summed E-state index contributed by atoms with van der Waals surface area (Å²) in [5.41, 5.74) is 4.87. The summed E-state index contributed by atoms with van der Waals surface area (Å²) >= 11 is 0. The zero-order valence-corrected chi connectivity index (χ0v) is 9.58. The summed E-state index contributed by atoms with van der Waals surface area (Å²) < 4.78 is 5.19. The van der Waals surface area contributed by atoms with Gasteiger partial charge in [0, 0.05) is 26.1 Å². The van der Waals surface area contributed by atoms with Gasteiger partial charge < -0.3 is 10.5 Å². The number of amides is 1. The third-order valence-corrected chi connectivity index (χ3v) is 1.87. The van der Waals surface area contributed by atoms with Gasteiger partial charge in [-0.2, -0.15) is 0 Å². The largest absolute Gasteiger partial charge is 0.379 e. The minimum atomic E-state index is -0.554. The van der Waals surface area contributed by atoms with E-state index >= 15 is 0 Å². The number of ether oxygens (including phenoxy) is 1. The number of carbonyl (C=O) groups is 1. The first-order chi connectivity index (χ1) is 7.29. The lowest BCUT2D eigenvalue weighted by Crippen LogP contribution is -2.36. The van der Waals surface area contributed by atoms with Gasteiger partial charge in [-0.25, -0.2) is 0 Å². The zero-order chi connectivity index (χ0) is 11.5. The molecule has 1 rings (SSSR count). The van der Waals surface area contributed by atoms with Gasteiger partial charge in [-0.1, -0.05) is 19.8 Å². The number of hydrogen-bond acceptors (Lipinski definition) is 3. The van der Waals surface area contributed by atoms with Crippen molar-refractivity contribution in [1.29, 1.82) is 0 Å². The summed E-state index contributed by atoms with van der Waals surface area (Å²) in [5, 5.41) is 0. The summed E-state index contributed by atoms with van der Waals surface area (Å²) in [6.45, 7) is 8.40. The van der Waals surface area contributed by atoms with Gasteiger partial charge in [0.2, 0.25) is 0 Å². The standard InChI is InChI=1S/C9H14N2O2.C2H6/c10-9(12)3-1-2-4-11-5-7-13-8-6-11;1-2/h2,4-8H2,(H2,10,12);1-2H3. The first-order valence-electron chi connectivity index (χ1n) is 5.37. The quantitative estimate of drug-likeness (QED) is 0.666. The predicted octanol–water partition coefficient (Wildman–Crippen LogP) is 0.224. The molecule has 0 radical (unpaired) electrons. The van der Waals surface area contributed by atoms with Gasteiger partial charge in [-0.05, 0) is 5.92 Å².